The molecule has 4 N–H and O–H groups in total. The van der Waals surface area contributed by atoms with Crippen LogP contribution in [0.2, 0.25) is 0 Å². The lowest BCUT2D eigenvalue weighted by atomic mass is 10.7. The van der Waals surface area contributed by atoms with Gasteiger partial charge in [0.1, 0.15) is 0 Å². The van der Waals surface area contributed by atoms with Crippen LogP contribution < -0.4 is 16.8 Å². The summed E-state index contributed by atoms with van der Waals surface area (Å²) < 4.78 is 0. The summed E-state index contributed by atoms with van der Waals surface area (Å²) in [6.45, 7) is 1.05. The first-order chi connectivity index (χ1) is 3.27. The van der Waals surface area contributed by atoms with E-state index in [0.29, 0.717) is 13.1 Å². The molecule has 0 spiro atoms. The zero-order valence-electron chi connectivity index (χ0n) is 3.92. The Morgan fingerprint density at radius 3 is 2.43 bits per heavy atom. The van der Waals surface area contributed by atoms with E-state index in [0.717, 1.165) is 0 Å². The number of nitrogens with zero attached hydrogens (tertiary/aromatic N) is 1. The standard InChI is InChI=1S/C3H8N3S/c4-1-2-6-3(5)7/h1-2,4H2,(H2,5,7). The molecule has 41 valence electrons. The smallest absolute Gasteiger partial charge is 0.185 e. The Labute approximate surface area is 48.1 Å². The van der Waals surface area contributed by atoms with E-state index in [-0.39, 0.29) is 5.11 Å². The monoisotopic (exact) mass is 118 g/mol. The van der Waals surface area contributed by atoms with Crippen molar-refractivity contribution in [2.45, 2.75) is 0 Å². The first kappa shape index (κ1) is 6.65. The second kappa shape index (κ2) is 3.83. The van der Waals surface area contributed by atoms with Crippen LogP contribution in [0.5, 0.6) is 0 Å². The number of thiocarbonyl (C=S) groups is 1. The first-order valence-corrected chi connectivity index (χ1v) is 2.35. The van der Waals surface area contributed by atoms with E-state index in [2.05, 4.69) is 17.5 Å². The lowest BCUT2D eigenvalue weighted by Crippen LogP contribution is -2.26. The van der Waals surface area contributed by atoms with Crippen molar-refractivity contribution in [3.05, 3.63) is 0 Å². The Balaban J connectivity index is 2.82. The molecular weight excluding hydrogens is 110 g/mol. The van der Waals surface area contributed by atoms with Crippen LogP contribution in [0, 0.1) is 0 Å². The number of hydrogen-bond donors (Lipinski definition) is 2. The molecule has 0 fully saturated rings. The largest absolute Gasteiger partial charge is 0.375 e. The second-order valence-corrected chi connectivity index (χ2v) is 1.43. The van der Waals surface area contributed by atoms with E-state index in [1.165, 1.54) is 0 Å². The molecule has 0 saturated heterocycles. The van der Waals surface area contributed by atoms with Crippen molar-refractivity contribution in [1.82, 2.24) is 5.32 Å². The average Bonchev–Trinajstić information content (AvgIpc) is 1.61. The molecule has 0 amide bonds. The summed E-state index contributed by atoms with van der Waals surface area (Å²) in [6, 6.07) is 0. The van der Waals surface area contributed by atoms with E-state index in [1.807, 2.05) is 0 Å². The van der Waals surface area contributed by atoms with Crippen LogP contribution in [0.1, 0.15) is 0 Å². The molecule has 0 heterocycles. The van der Waals surface area contributed by atoms with Crippen molar-refractivity contribution in [2.75, 3.05) is 13.1 Å². The van der Waals surface area contributed by atoms with E-state index in [1.54, 1.807) is 0 Å². The maximum Gasteiger partial charge on any atom is 0.185 e. The summed E-state index contributed by atoms with van der Waals surface area (Å²) >= 11 is 4.42. The number of hydrogen-bond acceptors (Lipinski definition) is 2. The van der Waals surface area contributed by atoms with Gasteiger partial charge < -0.3 is 11.5 Å². The van der Waals surface area contributed by atoms with Crippen molar-refractivity contribution in [3.8, 4) is 0 Å². The third kappa shape index (κ3) is 5.65. The molecule has 0 aliphatic carbocycles. The third-order valence-electron chi connectivity index (χ3n) is 0.397. The van der Waals surface area contributed by atoms with Gasteiger partial charge in [0.15, 0.2) is 5.11 Å². The maximum absolute atomic E-state index is 5.07. The maximum atomic E-state index is 5.07. The predicted molar refractivity (Wildman–Crippen MR) is 32.8 cm³/mol. The molecular formula is C3H8N3S. The fourth-order valence-corrected chi connectivity index (χ4v) is 0.266. The minimum atomic E-state index is 0.186. The minimum absolute atomic E-state index is 0.186. The molecule has 0 bridgehead atoms. The summed E-state index contributed by atoms with van der Waals surface area (Å²) in [5.41, 5.74) is 10.1. The molecule has 0 aliphatic heterocycles. The van der Waals surface area contributed by atoms with Gasteiger partial charge in [-0.25, -0.2) is 0 Å². The fraction of sp³-hybridized carbons (Fsp3) is 0.667. The number of nitrogens with two attached hydrogens (primary N) is 2. The Morgan fingerprint density at radius 2 is 2.29 bits per heavy atom. The summed E-state index contributed by atoms with van der Waals surface area (Å²) in [5, 5.41) is 3.81. The highest BCUT2D eigenvalue weighted by atomic mass is 32.1. The van der Waals surface area contributed by atoms with Gasteiger partial charge in [0, 0.05) is 6.54 Å². The van der Waals surface area contributed by atoms with Crippen molar-refractivity contribution >= 4 is 17.3 Å². The predicted octanol–water partition coefficient (Wildman–Crippen LogP) is -1.21. The van der Waals surface area contributed by atoms with Gasteiger partial charge in [0.05, 0.1) is 6.54 Å². The quantitative estimate of drug-likeness (QED) is 0.447. The number of rotatable bonds is 2. The van der Waals surface area contributed by atoms with Crippen LogP contribution in [0.4, 0.5) is 0 Å². The minimum Gasteiger partial charge on any atom is -0.375 e. The Bertz CT molecular complexity index is 63.2. The van der Waals surface area contributed by atoms with Crippen molar-refractivity contribution < 1.29 is 0 Å². The van der Waals surface area contributed by atoms with Crippen LogP contribution in [-0.2, 0) is 0 Å². The van der Waals surface area contributed by atoms with Gasteiger partial charge in [-0.15, -0.1) is 0 Å². The van der Waals surface area contributed by atoms with Gasteiger partial charge in [-0.2, -0.15) is 0 Å². The van der Waals surface area contributed by atoms with Crippen LogP contribution in [-0.4, -0.2) is 18.2 Å². The lowest BCUT2D eigenvalue weighted by Gasteiger charge is -1.92. The van der Waals surface area contributed by atoms with Crippen LogP contribution in [0.3, 0.4) is 0 Å². The SMILES string of the molecule is NCC[N]C(N)=S. The van der Waals surface area contributed by atoms with E-state index >= 15 is 0 Å². The molecule has 0 aliphatic rings. The summed E-state index contributed by atoms with van der Waals surface area (Å²) in [4.78, 5) is 0. The fourth-order valence-electron chi connectivity index (χ4n) is 0.175. The first-order valence-electron chi connectivity index (χ1n) is 1.94. The highest BCUT2D eigenvalue weighted by molar-refractivity contribution is 7.80. The Kier molecular flexibility index (Phi) is 3.64. The molecule has 3 nitrogen and oxygen atoms in total. The molecule has 0 atom stereocenters. The molecule has 0 unspecified atom stereocenters. The summed E-state index contributed by atoms with van der Waals surface area (Å²) in [5.74, 6) is 0. The van der Waals surface area contributed by atoms with Gasteiger partial charge in [0.25, 0.3) is 0 Å². The lowest BCUT2D eigenvalue weighted by molar-refractivity contribution is 0.867. The molecule has 0 saturated carbocycles. The molecule has 0 aromatic rings. The normalized spacial score (nSPS) is 8.14. The van der Waals surface area contributed by atoms with Gasteiger partial charge in [-0.1, -0.05) is 0 Å². The van der Waals surface area contributed by atoms with Crippen LogP contribution in [0.25, 0.3) is 0 Å². The molecule has 0 aromatic heterocycles. The topological polar surface area (TPSA) is 66.1 Å². The average molecular weight is 118 g/mol. The van der Waals surface area contributed by atoms with E-state index in [9.17, 15) is 0 Å². The Morgan fingerprint density at radius 1 is 1.71 bits per heavy atom. The Hall–Kier alpha value is -0.350. The highest BCUT2D eigenvalue weighted by Gasteiger charge is 1.82. The van der Waals surface area contributed by atoms with Crippen molar-refractivity contribution in [2.24, 2.45) is 11.5 Å². The van der Waals surface area contributed by atoms with Crippen LogP contribution >= 0.6 is 12.2 Å². The van der Waals surface area contributed by atoms with Crippen LogP contribution in [0.15, 0.2) is 0 Å². The summed E-state index contributed by atoms with van der Waals surface area (Å²) in [6.07, 6.45) is 0. The van der Waals surface area contributed by atoms with Gasteiger partial charge >= 0.3 is 0 Å². The highest BCUT2D eigenvalue weighted by Crippen LogP contribution is 1.57. The third-order valence-corrected chi connectivity index (χ3v) is 0.526. The van der Waals surface area contributed by atoms with Crippen molar-refractivity contribution in [3.63, 3.8) is 0 Å². The molecule has 1 radical (unpaired) electrons. The summed E-state index contributed by atoms with van der Waals surface area (Å²) in [7, 11) is 0. The molecule has 0 rings (SSSR count). The zero-order valence-corrected chi connectivity index (χ0v) is 4.74. The zero-order chi connectivity index (χ0) is 5.70. The second-order valence-electron chi connectivity index (χ2n) is 1.01. The van der Waals surface area contributed by atoms with Crippen molar-refractivity contribution in [1.29, 1.82) is 0 Å². The van der Waals surface area contributed by atoms with E-state index < -0.39 is 0 Å². The molecule has 0 aromatic carbocycles. The molecule has 7 heavy (non-hydrogen) atoms. The van der Waals surface area contributed by atoms with Gasteiger partial charge in [-0.3, -0.25) is 5.32 Å². The van der Waals surface area contributed by atoms with E-state index in [4.69, 9.17) is 11.5 Å². The van der Waals surface area contributed by atoms with Gasteiger partial charge in [-0.05, 0) is 12.2 Å². The van der Waals surface area contributed by atoms with Gasteiger partial charge in [0.2, 0.25) is 0 Å². The molecule has 4 heteroatoms.